The Hall–Kier alpha value is -1.02. The van der Waals surface area contributed by atoms with Crippen LogP contribution in [-0.2, 0) is 0 Å². The van der Waals surface area contributed by atoms with E-state index in [1.165, 1.54) is 25.8 Å². The quantitative estimate of drug-likeness (QED) is 0.393. The molecule has 1 aromatic carbocycles. The van der Waals surface area contributed by atoms with Crippen LogP contribution in [0.5, 0.6) is 5.75 Å². The molecule has 1 atom stereocenters. The number of piperidine rings is 2. The molecule has 3 rings (SSSR count). The summed E-state index contributed by atoms with van der Waals surface area (Å²) in [5, 5.41) is 3.56. The topological polar surface area (TPSA) is 40.1 Å². The molecule has 0 aliphatic carbocycles. The summed E-state index contributed by atoms with van der Waals surface area (Å²) in [6.45, 7) is 7.66. The van der Waals surface area contributed by atoms with E-state index in [-0.39, 0.29) is 24.0 Å². The monoisotopic (exact) mass is 486 g/mol. The van der Waals surface area contributed by atoms with Gasteiger partial charge in [-0.15, -0.1) is 24.0 Å². The molecule has 0 saturated carbocycles. The van der Waals surface area contributed by atoms with Crippen molar-refractivity contribution in [2.75, 3.05) is 39.8 Å². The van der Waals surface area contributed by atoms with Gasteiger partial charge in [0.1, 0.15) is 11.9 Å². The fourth-order valence-corrected chi connectivity index (χ4v) is 4.01. The molecule has 2 saturated heterocycles. The molecule has 152 valence electrons. The Labute approximate surface area is 181 Å². The Morgan fingerprint density at radius 3 is 2.52 bits per heavy atom. The fourth-order valence-electron chi connectivity index (χ4n) is 4.01. The Morgan fingerprint density at radius 2 is 1.85 bits per heavy atom. The predicted octanol–water partition coefficient (Wildman–Crippen LogP) is 3.60. The summed E-state index contributed by atoms with van der Waals surface area (Å²) in [6, 6.07) is 10.9. The highest BCUT2D eigenvalue weighted by atomic mass is 127. The van der Waals surface area contributed by atoms with Crippen LogP contribution in [-0.4, -0.2) is 67.7 Å². The van der Waals surface area contributed by atoms with Crippen molar-refractivity contribution in [1.29, 1.82) is 0 Å². The van der Waals surface area contributed by atoms with E-state index in [1.54, 1.807) is 0 Å². The summed E-state index contributed by atoms with van der Waals surface area (Å²) in [7, 11) is 1.89. The largest absolute Gasteiger partial charge is 0.490 e. The minimum absolute atomic E-state index is 0. The smallest absolute Gasteiger partial charge is 0.193 e. The van der Waals surface area contributed by atoms with E-state index in [1.807, 2.05) is 37.4 Å². The summed E-state index contributed by atoms with van der Waals surface area (Å²) >= 11 is 0. The van der Waals surface area contributed by atoms with Gasteiger partial charge in [-0.05, 0) is 38.4 Å². The van der Waals surface area contributed by atoms with Crippen LogP contribution in [0.2, 0.25) is 0 Å². The highest BCUT2D eigenvalue weighted by molar-refractivity contribution is 14.0. The molecule has 1 unspecified atom stereocenters. The normalized spacial score (nSPS) is 22.2. The second-order valence-corrected chi connectivity index (χ2v) is 7.47. The van der Waals surface area contributed by atoms with E-state index in [4.69, 9.17) is 4.74 Å². The molecule has 1 aromatic rings. The van der Waals surface area contributed by atoms with E-state index in [9.17, 15) is 0 Å². The van der Waals surface area contributed by atoms with E-state index in [2.05, 4.69) is 27.0 Å². The van der Waals surface area contributed by atoms with Gasteiger partial charge in [0.15, 0.2) is 5.96 Å². The summed E-state index contributed by atoms with van der Waals surface area (Å²) in [5.74, 6) is 2.01. The molecule has 2 aliphatic heterocycles. The number of likely N-dealkylation sites (tertiary alicyclic amines) is 2. The van der Waals surface area contributed by atoms with Gasteiger partial charge in [0.05, 0.1) is 0 Å². The average Bonchev–Trinajstić information content (AvgIpc) is 2.68. The minimum atomic E-state index is 0. The standard InChI is InChI=1S/C21H34N4O.HI/c1-18-8-6-7-14-24(18)17-13-23-21(22-2)25-15-11-20(12-16-25)26-19-9-4-3-5-10-19;/h3-5,9-10,18,20H,6-8,11-17H2,1-2H3,(H,22,23);1H. The number of nitrogens with zero attached hydrogens (tertiary/aromatic N) is 3. The van der Waals surface area contributed by atoms with Crippen LogP contribution in [0.15, 0.2) is 35.3 Å². The van der Waals surface area contributed by atoms with Crippen molar-refractivity contribution in [2.24, 2.45) is 4.99 Å². The maximum atomic E-state index is 6.10. The van der Waals surface area contributed by atoms with Gasteiger partial charge in [0.2, 0.25) is 0 Å². The van der Waals surface area contributed by atoms with Gasteiger partial charge >= 0.3 is 0 Å². The zero-order valence-corrected chi connectivity index (χ0v) is 19.1. The molecular weight excluding hydrogens is 451 g/mol. The lowest BCUT2D eigenvalue weighted by Crippen LogP contribution is -2.49. The van der Waals surface area contributed by atoms with Gasteiger partial charge in [0, 0.05) is 52.1 Å². The number of guanidine groups is 1. The maximum absolute atomic E-state index is 6.10. The van der Waals surface area contributed by atoms with Crippen molar-refractivity contribution in [3.05, 3.63) is 30.3 Å². The lowest BCUT2D eigenvalue weighted by atomic mass is 10.0. The molecule has 2 heterocycles. The fraction of sp³-hybridized carbons (Fsp3) is 0.667. The third-order valence-electron chi connectivity index (χ3n) is 5.62. The highest BCUT2D eigenvalue weighted by Crippen LogP contribution is 2.19. The SMILES string of the molecule is CN=C(NCCN1CCCCC1C)N1CCC(Oc2ccccc2)CC1.I. The molecule has 0 spiro atoms. The molecule has 2 aliphatic rings. The van der Waals surface area contributed by atoms with Crippen LogP contribution in [0.25, 0.3) is 0 Å². The van der Waals surface area contributed by atoms with Crippen LogP contribution in [0, 0.1) is 0 Å². The Morgan fingerprint density at radius 1 is 1.11 bits per heavy atom. The first-order chi connectivity index (χ1) is 12.8. The number of hydrogen-bond acceptors (Lipinski definition) is 3. The van der Waals surface area contributed by atoms with Crippen molar-refractivity contribution in [3.63, 3.8) is 0 Å². The zero-order chi connectivity index (χ0) is 18.2. The first-order valence-electron chi connectivity index (χ1n) is 10.2. The van der Waals surface area contributed by atoms with E-state index >= 15 is 0 Å². The molecule has 0 aromatic heterocycles. The molecule has 6 heteroatoms. The van der Waals surface area contributed by atoms with Gasteiger partial charge in [-0.2, -0.15) is 0 Å². The maximum Gasteiger partial charge on any atom is 0.193 e. The second kappa shape index (κ2) is 11.7. The van der Waals surface area contributed by atoms with Gasteiger partial charge in [-0.1, -0.05) is 24.6 Å². The Kier molecular flexibility index (Phi) is 9.68. The lowest BCUT2D eigenvalue weighted by molar-refractivity contribution is 0.129. The third kappa shape index (κ3) is 6.82. The number of rotatable bonds is 5. The van der Waals surface area contributed by atoms with Crippen LogP contribution in [0.4, 0.5) is 0 Å². The predicted molar refractivity (Wildman–Crippen MR) is 123 cm³/mol. The zero-order valence-electron chi connectivity index (χ0n) is 16.8. The Bertz CT molecular complexity index is 561. The first kappa shape index (κ1) is 22.3. The van der Waals surface area contributed by atoms with Crippen molar-refractivity contribution in [1.82, 2.24) is 15.1 Å². The molecular formula is C21H35IN4O. The van der Waals surface area contributed by atoms with Crippen molar-refractivity contribution in [2.45, 2.75) is 51.2 Å². The highest BCUT2D eigenvalue weighted by Gasteiger charge is 2.23. The molecule has 5 nitrogen and oxygen atoms in total. The van der Waals surface area contributed by atoms with Gasteiger partial charge in [0.25, 0.3) is 0 Å². The summed E-state index contributed by atoms with van der Waals surface area (Å²) in [5.41, 5.74) is 0. The minimum Gasteiger partial charge on any atom is -0.490 e. The summed E-state index contributed by atoms with van der Waals surface area (Å²) in [6.07, 6.45) is 6.45. The van der Waals surface area contributed by atoms with Gasteiger partial charge < -0.3 is 15.0 Å². The van der Waals surface area contributed by atoms with Crippen LogP contribution < -0.4 is 10.1 Å². The number of hydrogen-bond donors (Lipinski definition) is 1. The number of aliphatic imine (C=N–C) groups is 1. The van der Waals surface area contributed by atoms with Gasteiger partial charge in [-0.3, -0.25) is 9.89 Å². The third-order valence-corrected chi connectivity index (χ3v) is 5.62. The van der Waals surface area contributed by atoms with Crippen LogP contribution in [0.3, 0.4) is 0 Å². The second-order valence-electron chi connectivity index (χ2n) is 7.47. The molecule has 1 N–H and O–H groups in total. The number of nitrogens with one attached hydrogen (secondary N) is 1. The molecule has 0 radical (unpaired) electrons. The van der Waals surface area contributed by atoms with E-state index in [0.29, 0.717) is 6.10 Å². The number of halogens is 1. The molecule has 2 fully saturated rings. The average molecular weight is 486 g/mol. The number of benzene rings is 1. The molecule has 0 bridgehead atoms. The van der Waals surface area contributed by atoms with Crippen LogP contribution in [0.1, 0.15) is 39.0 Å². The van der Waals surface area contributed by atoms with Crippen molar-refractivity contribution >= 4 is 29.9 Å². The van der Waals surface area contributed by atoms with Gasteiger partial charge in [-0.25, -0.2) is 0 Å². The van der Waals surface area contributed by atoms with Crippen molar-refractivity contribution < 1.29 is 4.74 Å². The molecule has 27 heavy (non-hydrogen) atoms. The van der Waals surface area contributed by atoms with Crippen LogP contribution >= 0.6 is 24.0 Å². The Balaban J connectivity index is 0.00000261. The summed E-state index contributed by atoms with van der Waals surface area (Å²) < 4.78 is 6.10. The van der Waals surface area contributed by atoms with Crippen molar-refractivity contribution in [3.8, 4) is 5.75 Å². The lowest BCUT2D eigenvalue weighted by Gasteiger charge is -2.36. The summed E-state index contributed by atoms with van der Waals surface area (Å²) in [4.78, 5) is 9.46. The first-order valence-corrected chi connectivity index (χ1v) is 10.2. The molecule has 0 amide bonds. The van der Waals surface area contributed by atoms with E-state index < -0.39 is 0 Å². The number of para-hydroxylation sites is 1. The van der Waals surface area contributed by atoms with E-state index in [0.717, 1.165) is 56.8 Å². The number of ether oxygens (including phenoxy) is 1.